The van der Waals surface area contributed by atoms with Crippen LogP contribution in [-0.4, -0.2) is 18.2 Å². The predicted octanol–water partition coefficient (Wildman–Crippen LogP) is 4.67. The van der Waals surface area contributed by atoms with E-state index in [0.29, 0.717) is 6.54 Å². The van der Waals surface area contributed by atoms with E-state index >= 15 is 0 Å². The van der Waals surface area contributed by atoms with E-state index in [9.17, 15) is 4.79 Å². The number of ether oxygens (including phenoxy) is 1. The molecular weight excluding hydrogens is 330 g/mol. The first-order valence-electron chi connectivity index (χ1n) is 7.00. The van der Waals surface area contributed by atoms with Gasteiger partial charge in [0.1, 0.15) is 5.60 Å². The largest absolute Gasteiger partial charge is 0.444 e. The number of benzene rings is 2. The summed E-state index contributed by atoms with van der Waals surface area (Å²) in [6.07, 6.45) is 0.379. The summed E-state index contributed by atoms with van der Waals surface area (Å²) in [6.45, 7) is 6.11. The number of halogens is 1. The van der Waals surface area contributed by atoms with Crippen molar-refractivity contribution in [3.63, 3.8) is 0 Å². The van der Waals surface area contributed by atoms with E-state index in [1.807, 2.05) is 32.9 Å². The van der Waals surface area contributed by atoms with Crippen molar-refractivity contribution >= 4 is 32.8 Å². The molecule has 2 rings (SSSR count). The van der Waals surface area contributed by atoms with Crippen LogP contribution in [-0.2, 0) is 11.2 Å². The summed E-state index contributed by atoms with van der Waals surface area (Å²) in [5.41, 5.74) is 0.706. The maximum Gasteiger partial charge on any atom is 0.407 e. The van der Waals surface area contributed by atoms with Crippen molar-refractivity contribution in [3.05, 3.63) is 46.4 Å². The molecule has 0 heterocycles. The van der Waals surface area contributed by atoms with Crippen LogP contribution in [0.4, 0.5) is 4.79 Å². The first-order chi connectivity index (χ1) is 9.87. The zero-order chi connectivity index (χ0) is 15.5. The molecule has 0 spiro atoms. The molecule has 0 aliphatic rings. The molecule has 112 valence electrons. The van der Waals surface area contributed by atoms with Crippen LogP contribution in [0.15, 0.2) is 40.9 Å². The van der Waals surface area contributed by atoms with Crippen molar-refractivity contribution in [2.24, 2.45) is 0 Å². The van der Waals surface area contributed by atoms with Gasteiger partial charge in [0.2, 0.25) is 0 Å². The van der Waals surface area contributed by atoms with Gasteiger partial charge >= 0.3 is 6.09 Å². The molecule has 1 amide bonds. The fraction of sp³-hybridized carbons (Fsp3) is 0.353. The van der Waals surface area contributed by atoms with Crippen molar-refractivity contribution in [3.8, 4) is 0 Å². The monoisotopic (exact) mass is 349 g/mol. The van der Waals surface area contributed by atoms with E-state index in [0.717, 1.165) is 10.9 Å². The standard InChI is InChI=1S/C17H20BrNO2/c1-17(2,3)21-16(20)19-11-10-13-9-8-12-6-4-5-7-14(12)15(13)18/h4-9H,10-11H2,1-3H3,(H,19,20). The van der Waals surface area contributed by atoms with E-state index in [2.05, 4.69) is 45.5 Å². The summed E-state index contributed by atoms with van der Waals surface area (Å²) >= 11 is 3.65. The van der Waals surface area contributed by atoms with Crippen LogP contribution >= 0.6 is 15.9 Å². The first-order valence-corrected chi connectivity index (χ1v) is 7.79. The molecule has 0 radical (unpaired) electrons. The Morgan fingerprint density at radius 3 is 2.62 bits per heavy atom. The van der Waals surface area contributed by atoms with Crippen molar-refractivity contribution in [2.45, 2.75) is 32.8 Å². The van der Waals surface area contributed by atoms with Gasteiger partial charge in [-0.05, 0) is 59.5 Å². The summed E-state index contributed by atoms with van der Waals surface area (Å²) < 4.78 is 6.30. The van der Waals surface area contributed by atoms with Crippen LogP contribution in [0.25, 0.3) is 10.8 Å². The minimum Gasteiger partial charge on any atom is -0.444 e. The Hall–Kier alpha value is -1.55. The van der Waals surface area contributed by atoms with Gasteiger partial charge in [0, 0.05) is 11.0 Å². The molecule has 0 fully saturated rings. The van der Waals surface area contributed by atoms with Gasteiger partial charge in [-0.15, -0.1) is 0 Å². The van der Waals surface area contributed by atoms with Crippen LogP contribution in [0.2, 0.25) is 0 Å². The van der Waals surface area contributed by atoms with Gasteiger partial charge in [-0.25, -0.2) is 4.79 Å². The smallest absolute Gasteiger partial charge is 0.407 e. The summed E-state index contributed by atoms with van der Waals surface area (Å²) in [6, 6.07) is 12.4. The number of hydrogen-bond donors (Lipinski definition) is 1. The average Bonchev–Trinajstić information content (AvgIpc) is 2.40. The van der Waals surface area contributed by atoms with Gasteiger partial charge in [0.15, 0.2) is 0 Å². The quantitative estimate of drug-likeness (QED) is 0.874. The fourth-order valence-electron chi connectivity index (χ4n) is 2.09. The third kappa shape index (κ3) is 4.46. The summed E-state index contributed by atoms with van der Waals surface area (Å²) in [5, 5.41) is 5.17. The molecule has 1 N–H and O–H groups in total. The van der Waals surface area contributed by atoms with Crippen LogP contribution in [0.3, 0.4) is 0 Å². The van der Waals surface area contributed by atoms with Gasteiger partial charge in [-0.3, -0.25) is 0 Å². The normalized spacial score (nSPS) is 11.4. The highest BCUT2D eigenvalue weighted by atomic mass is 79.9. The van der Waals surface area contributed by atoms with Gasteiger partial charge in [-0.1, -0.05) is 36.4 Å². The Labute approximate surface area is 133 Å². The summed E-state index contributed by atoms with van der Waals surface area (Å²) in [4.78, 5) is 11.6. The fourth-order valence-corrected chi connectivity index (χ4v) is 2.78. The summed E-state index contributed by atoms with van der Waals surface area (Å²) in [5.74, 6) is 0. The number of alkyl carbamates (subject to hydrolysis) is 1. The molecule has 2 aromatic rings. The number of carbonyl (C=O) groups is 1. The van der Waals surface area contributed by atoms with Crippen molar-refractivity contribution in [2.75, 3.05) is 6.54 Å². The number of carbonyl (C=O) groups excluding carboxylic acids is 1. The second-order valence-electron chi connectivity index (χ2n) is 5.94. The SMILES string of the molecule is CC(C)(C)OC(=O)NCCc1ccc2ccccc2c1Br. The number of nitrogens with one attached hydrogen (secondary N) is 1. The van der Waals surface area contributed by atoms with Crippen LogP contribution in [0.1, 0.15) is 26.3 Å². The molecule has 2 aromatic carbocycles. The van der Waals surface area contributed by atoms with Crippen LogP contribution < -0.4 is 5.32 Å². The Bertz CT molecular complexity index is 647. The van der Waals surface area contributed by atoms with Crippen molar-refractivity contribution in [1.82, 2.24) is 5.32 Å². The van der Waals surface area contributed by atoms with E-state index in [1.54, 1.807) is 0 Å². The van der Waals surface area contributed by atoms with Gasteiger partial charge in [0.05, 0.1) is 0 Å². The molecule has 0 aromatic heterocycles. The van der Waals surface area contributed by atoms with E-state index < -0.39 is 5.60 Å². The number of fused-ring (bicyclic) bond motifs is 1. The van der Waals surface area contributed by atoms with Crippen LogP contribution in [0.5, 0.6) is 0 Å². The van der Waals surface area contributed by atoms with E-state index in [1.165, 1.54) is 16.3 Å². The molecule has 0 aliphatic carbocycles. The van der Waals surface area contributed by atoms with Gasteiger partial charge in [0.25, 0.3) is 0 Å². The minimum absolute atomic E-state index is 0.376. The minimum atomic E-state index is -0.465. The number of hydrogen-bond acceptors (Lipinski definition) is 2. The average molecular weight is 350 g/mol. The highest BCUT2D eigenvalue weighted by molar-refractivity contribution is 9.10. The molecule has 0 aliphatic heterocycles. The van der Waals surface area contributed by atoms with Gasteiger partial charge in [-0.2, -0.15) is 0 Å². The second kappa shape index (κ2) is 6.48. The maximum atomic E-state index is 11.6. The molecule has 21 heavy (non-hydrogen) atoms. The lowest BCUT2D eigenvalue weighted by atomic mass is 10.1. The molecular formula is C17H20BrNO2. The van der Waals surface area contributed by atoms with Crippen molar-refractivity contribution in [1.29, 1.82) is 0 Å². The molecule has 3 nitrogen and oxygen atoms in total. The third-order valence-electron chi connectivity index (χ3n) is 3.01. The zero-order valence-corrected chi connectivity index (χ0v) is 14.2. The lowest BCUT2D eigenvalue weighted by Crippen LogP contribution is -2.33. The molecule has 4 heteroatoms. The predicted molar refractivity (Wildman–Crippen MR) is 89.6 cm³/mol. The molecule has 0 unspecified atom stereocenters. The van der Waals surface area contributed by atoms with Gasteiger partial charge < -0.3 is 10.1 Å². The molecule has 0 saturated heterocycles. The zero-order valence-electron chi connectivity index (χ0n) is 12.6. The first kappa shape index (κ1) is 15.8. The Balaban J connectivity index is 1.98. The molecule has 0 bridgehead atoms. The highest BCUT2D eigenvalue weighted by Gasteiger charge is 2.15. The highest BCUT2D eigenvalue weighted by Crippen LogP contribution is 2.27. The third-order valence-corrected chi connectivity index (χ3v) is 3.94. The molecule has 0 atom stereocenters. The van der Waals surface area contributed by atoms with Crippen LogP contribution in [0, 0.1) is 0 Å². The van der Waals surface area contributed by atoms with E-state index in [4.69, 9.17) is 4.74 Å². The maximum absolute atomic E-state index is 11.6. The second-order valence-corrected chi connectivity index (χ2v) is 6.73. The summed E-state index contributed by atoms with van der Waals surface area (Å²) in [7, 11) is 0. The Morgan fingerprint density at radius 1 is 1.19 bits per heavy atom. The topological polar surface area (TPSA) is 38.3 Å². The lowest BCUT2D eigenvalue weighted by molar-refractivity contribution is 0.0528. The lowest BCUT2D eigenvalue weighted by Gasteiger charge is -2.19. The van der Waals surface area contributed by atoms with Crippen molar-refractivity contribution < 1.29 is 9.53 Å². The number of amides is 1. The number of rotatable bonds is 3. The Morgan fingerprint density at radius 2 is 1.90 bits per heavy atom. The Kier molecular flexibility index (Phi) is 4.88. The molecule has 0 saturated carbocycles. The van der Waals surface area contributed by atoms with E-state index in [-0.39, 0.29) is 6.09 Å².